The first-order valence-electron chi connectivity index (χ1n) is 9.48. The van der Waals surface area contributed by atoms with E-state index in [1.807, 2.05) is 37.3 Å². The Kier molecular flexibility index (Phi) is 8.46. The molecule has 1 atom stereocenters. The van der Waals surface area contributed by atoms with Gasteiger partial charge in [-0.3, -0.25) is 9.59 Å². The molecule has 0 heterocycles. The molecule has 2 rings (SSSR count). The van der Waals surface area contributed by atoms with Crippen molar-refractivity contribution >= 4 is 11.8 Å². The van der Waals surface area contributed by atoms with E-state index < -0.39 is 6.04 Å². The van der Waals surface area contributed by atoms with E-state index in [9.17, 15) is 14.0 Å². The average molecular weight is 386 g/mol. The molecule has 0 fully saturated rings. The molecule has 1 N–H and O–H groups in total. The van der Waals surface area contributed by atoms with Gasteiger partial charge in [0.05, 0.1) is 6.61 Å². The average Bonchev–Trinajstić information content (AvgIpc) is 2.72. The van der Waals surface area contributed by atoms with Crippen LogP contribution in [-0.2, 0) is 16.1 Å². The lowest BCUT2D eigenvalue weighted by Gasteiger charge is -2.30. The molecular weight excluding hydrogens is 359 g/mol. The predicted octanol–water partition coefficient (Wildman–Crippen LogP) is 3.54. The number of para-hydroxylation sites is 1. The fourth-order valence-corrected chi connectivity index (χ4v) is 2.95. The lowest BCUT2D eigenvalue weighted by Crippen LogP contribution is -2.48. The standard InChI is InChI=1S/C22H27FN2O3/c1-3-20(22(27)24-2)25(16-17-11-13-18(23)14-12-17)21(26)10-7-15-28-19-8-5-4-6-9-19/h4-6,8-9,11-14,20H,3,7,10,15-16H2,1-2H3,(H,24,27)/t20-/m0/s1. The highest BCUT2D eigenvalue weighted by molar-refractivity contribution is 5.87. The molecule has 0 aliphatic heterocycles. The van der Waals surface area contributed by atoms with Gasteiger partial charge in [0, 0.05) is 20.0 Å². The van der Waals surface area contributed by atoms with Crippen LogP contribution < -0.4 is 10.1 Å². The van der Waals surface area contributed by atoms with E-state index in [-0.39, 0.29) is 30.6 Å². The molecule has 28 heavy (non-hydrogen) atoms. The number of hydrogen-bond acceptors (Lipinski definition) is 3. The van der Waals surface area contributed by atoms with Gasteiger partial charge in [-0.05, 0) is 42.7 Å². The van der Waals surface area contributed by atoms with Crippen LogP contribution in [0.3, 0.4) is 0 Å². The number of rotatable bonds is 10. The van der Waals surface area contributed by atoms with E-state index in [0.29, 0.717) is 19.4 Å². The van der Waals surface area contributed by atoms with Gasteiger partial charge in [-0.1, -0.05) is 37.3 Å². The summed E-state index contributed by atoms with van der Waals surface area (Å²) in [5.41, 5.74) is 0.776. The lowest BCUT2D eigenvalue weighted by molar-refractivity contribution is -0.141. The summed E-state index contributed by atoms with van der Waals surface area (Å²) >= 11 is 0. The molecule has 0 aliphatic rings. The molecule has 0 bridgehead atoms. The van der Waals surface area contributed by atoms with Gasteiger partial charge in [-0.15, -0.1) is 0 Å². The van der Waals surface area contributed by atoms with Crippen molar-refractivity contribution in [2.45, 2.75) is 38.8 Å². The van der Waals surface area contributed by atoms with Crippen LogP contribution in [0, 0.1) is 5.82 Å². The number of halogens is 1. The SMILES string of the molecule is CC[C@@H](C(=O)NC)N(Cc1ccc(F)cc1)C(=O)CCCOc1ccccc1. The van der Waals surface area contributed by atoms with E-state index in [4.69, 9.17) is 4.74 Å². The topological polar surface area (TPSA) is 58.6 Å². The van der Waals surface area contributed by atoms with Gasteiger partial charge in [-0.25, -0.2) is 4.39 Å². The zero-order valence-electron chi connectivity index (χ0n) is 16.4. The minimum Gasteiger partial charge on any atom is -0.494 e. The first kappa shape index (κ1) is 21.4. The number of nitrogens with zero attached hydrogens (tertiary/aromatic N) is 1. The van der Waals surface area contributed by atoms with E-state index in [0.717, 1.165) is 11.3 Å². The van der Waals surface area contributed by atoms with Crippen LogP contribution in [-0.4, -0.2) is 36.4 Å². The monoisotopic (exact) mass is 386 g/mol. The van der Waals surface area contributed by atoms with Crippen LogP contribution in [0.15, 0.2) is 54.6 Å². The number of hydrogen-bond donors (Lipinski definition) is 1. The van der Waals surface area contributed by atoms with Crippen molar-refractivity contribution in [1.29, 1.82) is 0 Å². The molecular formula is C22H27FN2O3. The quantitative estimate of drug-likeness (QED) is 0.636. The number of benzene rings is 2. The van der Waals surface area contributed by atoms with E-state index in [2.05, 4.69) is 5.32 Å². The Morgan fingerprint density at radius 1 is 1.11 bits per heavy atom. The Bertz CT molecular complexity index is 750. The normalized spacial score (nSPS) is 11.5. The minimum absolute atomic E-state index is 0.128. The van der Waals surface area contributed by atoms with Gasteiger partial charge >= 0.3 is 0 Å². The number of ether oxygens (including phenoxy) is 1. The third kappa shape index (κ3) is 6.37. The molecule has 2 aromatic rings. The van der Waals surface area contributed by atoms with Crippen molar-refractivity contribution in [3.63, 3.8) is 0 Å². The number of carbonyl (C=O) groups is 2. The Labute approximate surface area is 165 Å². The molecule has 0 radical (unpaired) electrons. The van der Waals surface area contributed by atoms with Crippen molar-refractivity contribution in [2.75, 3.05) is 13.7 Å². The second-order valence-corrected chi connectivity index (χ2v) is 6.45. The number of likely N-dealkylation sites (N-methyl/N-ethyl adjacent to an activating group) is 1. The van der Waals surface area contributed by atoms with E-state index in [1.165, 1.54) is 12.1 Å². The summed E-state index contributed by atoms with van der Waals surface area (Å²) in [6.45, 7) is 2.53. The third-order valence-corrected chi connectivity index (χ3v) is 4.45. The van der Waals surface area contributed by atoms with Crippen LogP contribution >= 0.6 is 0 Å². The summed E-state index contributed by atoms with van der Waals surface area (Å²) in [7, 11) is 1.55. The zero-order valence-corrected chi connectivity index (χ0v) is 16.4. The Hall–Kier alpha value is -2.89. The van der Waals surface area contributed by atoms with Crippen LogP contribution in [0.1, 0.15) is 31.7 Å². The molecule has 0 saturated heterocycles. The molecule has 2 aromatic carbocycles. The first-order valence-corrected chi connectivity index (χ1v) is 9.48. The molecule has 6 heteroatoms. The summed E-state index contributed by atoms with van der Waals surface area (Å²) in [5, 5.41) is 2.62. The smallest absolute Gasteiger partial charge is 0.242 e. The fraction of sp³-hybridized carbons (Fsp3) is 0.364. The van der Waals surface area contributed by atoms with Crippen molar-refractivity contribution in [3.8, 4) is 5.75 Å². The first-order chi connectivity index (χ1) is 13.5. The molecule has 5 nitrogen and oxygen atoms in total. The molecule has 2 amide bonds. The molecule has 0 unspecified atom stereocenters. The maximum absolute atomic E-state index is 13.2. The second kappa shape index (κ2) is 11.1. The maximum Gasteiger partial charge on any atom is 0.242 e. The largest absolute Gasteiger partial charge is 0.494 e. The van der Waals surface area contributed by atoms with Crippen molar-refractivity contribution in [1.82, 2.24) is 10.2 Å². The van der Waals surface area contributed by atoms with Crippen LogP contribution in [0.2, 0.25) is 0 Å². The lowest BCUT2D eigenvalue weighted by atomic mass is 10.1. The number of nitrogens with one attached hydrogen (secondary N) is 1. The molecule has 0 spiro atoms. The Balaban J connectivity index is 2.00. The molecule has 0 aromatic heterocycles. The Morgan fingerprint density at radius 2 is 1.79 bits per heavy atom. The van der Waals surface area contributed by atoms with Crippen LogP contribution in [0.4, 0.5) is 4.39 Å². The van der Waals surface area contributed by atoms with Crippen molar-refractivity contribution < 1.29 is 18.7 Å². The highest BCUT2D eigenvalue weighted by Gasteiger charge is 2.27. The summed E-state index contributed by atoms with van der Waals surface area (Å²) < 4.78 is 18.8. The summed E-state index contributed by atoms with van der Waals surface area (Å²) in [6.07, 6.45) is 1.30. The highest BCUT2D eigenvalue weighted by Crippen LogP contribution is 2.15. The molecule has 150 valence electrons. The van der Waals surface area contributed by atoms with Crippen molar-refractivity contribution in [2.24, 2.45) is 0 Å². The highest BCUT2D eigenvalue weighted by atomic mass is 19.1. The molecule has 0 saturated carbocycles. The van der Waals surface area contributed by atoms with Crippen LogP contribution in [0.25, 0.3) is 0 Å². The third-order valence-electron chi connectivity index (χ3n) is 4.45. The van der Waals surface area contributed by atoms with Crippen molar-refractivity contribution in [3.05, 3.63) is 66.0 Å². The van der Waals surface area contributed by atoms with Gasteiger partial charge in [-0.2, -0.15) is 0 Å². The minimum atomic E-state index is -0.572. The number of carbonyl (C=O) groups excluding carboxylic acids is 2. The summed E-state index contributed by atoms with van der Waals surface area (Å²) in [4.78, 5) is 26.7. The van der Waals surface area contributed by atoms with Gasteiger partial charge in [0.15, 0.2) is 0 Å². The zero-order chi connectivity index (χ0) is 20.4. The maximum atomic E-state index is 13.2. The van der Waals surface area contributed by atoms with E-state index >= 15 is 0 Å². The summed E-state index contributed by atoms with van der Waals surface area (Å²) in [6, 6.07) is 14.8. The van der Waals surface area contributed by atoms with Gasteiger partial charge in [0.1, 0.15) is 17.6 Å². The van der Waals surface area contributed by atoms with Gasteiger partial charge in [0.2, 0.25) is 11.8 Å². The van der Waals surface area contributed by atoms with E-state index in [1.54, 1.807) is 24.1 Å². The van der Waals surface area contributed by atoms with Gasteiger partial charge < -0.3 is 15.0 Å². The summed E-state index contributed by atoms with van der Waals surface area (Å²) in [5.74, 6) is 0.0860. The van der Waals surface area contributed by atoms with Gasteiger partial charge in [0.25, 0.3) is 0 Å². The predicted molar refractivity (Wildman–Crippen MR) is 106 cm³/mol. The number of amides is 2. The Morgan fingerprint density at radius 3 is 2.39 bits per heavy atom. The molecule has 0 aliphatic carbocycles. The van der Waals surface area contributed by atoms with Crippen LogP contribution in [0.5, 0.6) is 5.75 Å². The fourth-order valence-electron chi connectivity index (χ4n) is 2.95. The second-order valence-electron chi connectivity index (χ2n) is 6.45.